The fourth-order valence-electron chi connectivity index (χ4n) is 4.02. The smallest absolute Gasteiger partial charge is 0.0375 e. The third kappa shape index (κ3) is 3.35. The van der Waals surface area contributed by atoms with Crippen LogP contribution in [0.25, 0.3) is 21.5 Å². The highest BCUT2D eigenvalue weighted by Gasteiger charge is 2.13. The zero-order chi connectivity index (χ0) is 17.9. The van der Waals surface area contributed by atoms with Gasteiger partial charge in [-0.05, 0) is 84.3 Å². The van der Waals surface area contributed by atoms with E-state index in [0.717, 1.165) is 11.4 Å². The van der Waals surface area contributed by atoms with Crippen LogP contribution in [0.15, 0.2) is 66.7 Å². The summed E-state index contributed by atoms with van der Waals surface area (Å²) in [4.78, 5) is 4.17. The van der Waals surface area contributed by atoms with Crippen molar-refractivity contribution in [2.75, 3.05) is 0 Å². The lowest BCUT2D eigenvalue weighted by atomic mass is 9.86. The van der Waals surface area contributed by atoms with E-state index < -0.39 is 0 Å². The van der Waals surface area contributed by atoms with Gasteiger partial charge >= 0.3 is 0 Å². The molecule has 0 N–H and O–H groups in total. The first-order valence-corrected chi connectivity index (χ1v) is 9.55. The minimum Gasteiger partial charge on any atom is -0.258 e. The Morgan fingerprint density at radius 1 is 0.615 bits per heavy atom. The SMILES string of the molecule is Cc1cccc(C)n1.c1ccc2c(c1)ccc1c3c(ccc12)CCCC3. The maximum Gasteiger partial charge on any atom is 0.0375 e. The zero-order valence-electron chi connectivity index (χ0n) is 15.6. The van der Waals surface area contributed by atoms with E-state index in [-0.39, 0.29) is 0 Å². The molecular formula is C25H25N. The summed E-state index contributed by atoms with van der Waals surface area (Å²) in [6.45, 7) is 3.99. The van der Waals surface area contributed by atoms with Crippen LogP contribution in [0.4, 0.5) is 0 Å². The van der Waals surface area contributed by atoms with Crippen molar-refractivity contribution in [3.05, 3.63) is 89.2 Å². The molecule has 0 spiro atoms. The summed E-state index contributed by atoms with van der Waals surface area (Å²) in [5.74, 6) is 0. The Labute approximate surface area is 155 Å². The molecule has 1 aromatic heterocycles. The molecular weight excluding hydrogens is 314 g/mol. The molecule has 1 nitrogen and oxygen atoms in total. The van der Waals surface area contributed by atoms with E-state index in [1.165, 1.54) is 47.2 Å². The van der Waals surface area contributed by atoms with Gasteiger partial charge < -0.3 is 0 Å². The molecule has 0 bridgehead atoms. The molecule has 0 saturated heterocycles. The van der Waals surface area contributed by atoms with E-state index >= 15 is 0 Å². The Morgan fingerprint density at radius 2 is 1.35 bits per heavy atom. The molecule has 1 heterocycles. The Balaban J connectivity index is 0.000000178. The van der Waals surface area contributed by atoms with Gasteiger partial charge in [0.25, 0.3) is 0 Å². The third-order valence-corrected chi connectivity index (χ3v) is 5.29. The summed E-state index contributed by atoms with van der Waals surface area (Å²) in [7, 11) is 0. The first-order chi connectivity index (χ1) is 12.7. The second-order valence-electron chi connectivity index (χ2n) is 7.21. The van der Waals surface area contributed by atoms with E-state index in [0.29, 0.717) is 0 Å². The van der Waals surface area contributed by atoms with Gasteiger partial charge in [-0.2, -0.15) is 0 Å². The lowest BCUT2D eigenvalue weighted by Gasteiger charge is -2.18. The molecule has 3 aromatic carbocycles. The highest BCUT2D eigenvalue weighted by atomic mass is 14.7. The molecule has 0 atom stereocenters. The second kappa shape index (κ2) is 7.29. The maximum atomic E-state index is 4.17. The average molecular weight is 339 g/mol. The Hall–Kier alpha value is -2.67. The molecule has 5 rings (SSSR count). The van der Waals surface area contributed by atoms with Crippen LogP contribution in [0.1, 0.15) is 35.4 Å². The summed E-state index contributed by atoms with van der Waals surface area (Å²) in [5, 5.41) is 5.64. The quantitative estimate of drug-likeness (QED) is 0.330. The molecule has 4 aromatic rings. The van der Waals surface area contributed by atoms with E-state index in [4.69, 9.17) is 0 Å². The van der Waals surface area contributed by atoms with E-state index in [1.807, 2.05) is 32.0 Å². The van der Waals surface area contributed by atoms with Gasteiger partial charge in [-0.25, -0.2) is 0 Å². The lowest BCUT2D eigenvalue weighted by Crippen LogP contribution is -2.02. The zero-order valence-corrected chi connectivity index (χ0v) is 15.6. The monoisotopic (exact) mass is 339 g/mol. The molecule has 0 aliphatic heterocycles. The molecule has 0 saturated carbocycles. The number of benzene rings is 3. The van der Waals surface area contributed by atoms with Crippen LogP contribution in [0.5, 0.6) is 0 Å². The first kappa shape index (κ1) is 16.8. The third-order valence-electron chi connectivity index (χ3n) is 5.29. The summed E-state index contributed by atoms with van der Waals surface area (Å²) in [6, 6.07) is 24.0. The van der Waals surface area contributed by atoms with Gasteiger partial charge in [0, 0.05) is 11.4 Å². The number of hydrogen-bond acceptors (Lipinski definition) is 1. The number of hydrogen-bond donors (Lipinski definition) is 0. The standard InChI is InChI=1S/C18H16.C7H9N/c1-3-7-15-13(5-1)9-11-18-16-8-4-2-6-14(16)10-12-17(15)18;1-6-4-3-5-7(2)8-6/h1,3,5,7,9-12H,2,4,6,8H2;3-5H,1-2H3. The number of nitrogens with zero attached hydrogens (tertiary/aromatic N) is 1. The van der Waals surface area contributed by atoms with Gasteiger partial charge in [0.2, 0.25) is 0 Å². The number of aromatic nitrogens is 1. The maximum absolute atomic E-state index is 4.17. The van der Waals surface area contributed by atoms with Crippen molar-refractivity contribution in [3.63, 3.8) is 0 Å². The summed E-state index contributed by atoms with van der Waals surface area (Å²) in [5.41, 5.74) is 5.35. The van der Waals surface area contributed by atoms with Gasteiger partial charge in [-0.1, -0.05) is 54.6 Å². The minimum absolute atomic E-state index is 1.09. The summed E-state index contributed by atoms with van der Waals surface area (Å²) >= 11 is 0. The Bertz CT molecular complexity index is 1040. The average Bonchev–Trinajstić information content (AvgIpc) is 2.68. The lowest BCUT2D eigenvalue weighted by molar-refractivity contribution is 0.690. The van der Waals surface area contributed by atoms with Crippen LogP contribution in [-0.4, -0.2) is 4.98 Å². The van der Waals surface area contributed by atoms with Gasteiger partial charge in [-0.3, -0.25) is 4.98 Å². The molecule has 0 unspecified atom stereocenters. The van der Waals surface area contributed by atoms with Gasteiger partial charge in [-0.15, -0.1) is 0 Å². The minimum atomic E-state index is 1.09. The fourth-order valence-corrected chi connectivity index (χ4v) is 4.02. The summed E-state index contributed by atoms with van der Waals surface area (Å²) < 4.78 is 0. The Morgan fingerprint density at radius 3 is 2.12 bits per heavy atom. The highest BCUT2D eigenvalue weighted by molar-refractivity contribution is 6.08. The van der Waals surface area contributed by atoms with Crippen LogP contribution in [0.3, 0.4) is 0 Å². The van der Waals surface area contributed by atoms with Crippen LogP contribution in [0.2, 0.25) is 0 Å². The van der Waals surface area contributed by atoms with Crippen LogP contribution >= 0.6 is 0 Å². The van der Waals surface area contributed by atoms with E-state index in [2.05, 4.69) is 53.5 Å². The summed E-state index contributed by atoms with van der Waals surface area (Å²) in [6.07, 6.45) is 5.22. The van der Waals surface area contributed by atoms with Gasteiger partial charge in [0.1, 0.15) is 0 Å². The molecule has 0 fully saturated rings. The number of pyridine rings is 1. The van der Waals surface area contributed by atoms with Crippen molar-refractivity contribution < 1.29 is 0 Å². The van der Waals surface area contributed by atoms with Crippen molar-refractivity contribution in [1.29, 1.82) is 0 Å². The molecule has 1 aliphatic carbocycles. The second-order valence-corrected chi connectivity index (χ2v) is 7.21. The van der Waals surface area contributed by atoms with Gasteiger partial charge in [0.05, 0.1) is 0 Å². The van der Waals surface area contributed by atoms with Crippen molar-refractivity contribution >= 4 is 21.5 Å². The van der Waals surface area contributed by atoms with Crippen LogP contribution < -0.4 is 0 Å². The van der Waals surface area contributed by atoms with Crippen LogP contribution in [0, 0.1) is 13.8 Å². The predicted molar refractivity (Wildman–Crippen MR) is 112 cm³/mol. The number of rotatable bonds is 0. The first-order valence-electron chi connectivity index (χ1n) is 9.55. The van der Waals surface area contributed by atoms with Crippen LogP contribution in [-0.2, 0) is 12.8 Å². The normalized spacial score (nSPS) is 13.2. The Kier molecular flexibility index (Phi) is 4.71. The molecule has 0 amide bonds. The molecule has 130 valence electrons. The van der Waals surface area contributed by atoms with E-state index in [9.17, 15) is 0 Å². The largest absolute Gasteiger partial charge is 0.258 e. The van der Waals surface area contributed by atoms with Crippen molar-refractivity contribution in [1.82, 2.24) is 4.98 Å². The molecule has 1 aliphatic rings. The molecule has 1 heteroatoms. The molecule has 0 radical (unpaired) electrons. The highest BCUT2D eigenvalue weighted by Crippen LogP contribution is 2.33. The van der Waals surface area contributed by atoms with Gasteiger partial charge in [0.15, 0.2) is 0 Å². The predicted octanol–water partition coefficient (Wildman–Crippen LogP) is 6.57. The van der Waals surface area contributed by atoms with E-state index in [1.54, 1.807) is 11.1 Å². The van der Waals surface area contributed by atoms with Crippen molar-refractivity contribution in [2.24, 2.45) is 0 Å². The fraction of sp³-hybridized carbons (Fsp3) is 0.240. The van der Waals surface area contributed by atoms with Crippen molar-refractivity contribution in [3.8, 4) is 0 Å². The number of aryl methyl sites for hydroxylation is 4. The topological polar surface area (TPSA) is 12.9 Å². The number of fused-ring (bicyclic) bond motifs is 5. The molecule has 26 heavy (non-hydrogen) atoms. The van der Waals surface area contributed by atoms with Crippen molar-refractivity contribution in [2.45, 2.75) is 39.5 Å².